The number of thioether (sulfide) groups is 1. The number of carbonyl (C=O) groups is 3. The molecule has 3 saturated heterocycles. The van der Waals surface area contributed by atoms with Crippen molar-refractivity contribution in [3.8, 4) is 0 Å². The van der Waals surface area contributed by atoms with E-state index in [1.165, 1.54) is 0 Å². The van der Waals surface area contributed by atoms with Crippen LogP contribution in [0.1, 0.15) is 64.4 Å². The van der Waals surface area contributed by atoms with Crippen LogP contribution in [-0.2, 0) is 20.9 Å². The summed E-state index contributed by atoms with van der Waals surface area (Å²) in [6.45, 7) is 13.9. The molecule has 1 N–H and O–H groups in total. The molecule has 0 saturated carbocycles. The first-order valence-electron chi connectivity index (χ1n) is 15.8. The molecule has 0 aliphatic carbocycles. The monoisotopic (exact) mass is 673 g/mol. The Morgan fingerprint density at radius 3 is 2.49 bits per heavy atom. The lowest BCUT2D eigenvalue weighted by molar-refractivity contribution is -0.145. The fourth-order valence-electron chi connectivity index (χ4n) is 7.44. The molecule has 4 rings (SSSR count). The van der Waals surface area contributed by atoms with Crippen LogP contribution in [0.2, 0.25) is 0 Å². The second-order valence-electron chi connectivity index (χ2n) is 12.2. The van der Waals surface area contributed by atoms with Gasteiger partial charge >= 0.3 is 0 Å². The molecule has 236 valence electrons. The minimum Gasteiger partial charge on any atom is -0.396 e. The highest BCUT2D eigenvalue weighted by atomic mass is 79.9. The Balaban J connectivity index is 1.71. The Bertz CT molecular complexity index is 1150. The van der Waals surface area contributed by atoms with E-state index < -0.39 is 22.6 Å². The second-order valence-corrected chi connectivity index (χ2v) is 15.0. The quantitative estimate of drug-likeness (QED) is 0.136. The van der Waals surface area contributed by atoms with Crippen LogP contribution in [0, 0.1) is 11.8 Å². The molecule has 1 aromatic rings. The zero-order valence-corrected chi connectivity index (χ0v) is 28.1. The smallest absolute Gasteiger partial charge is 0.247 e. The number of nitrogens with zero attached hydrogens (tertiary/aromatic N) is 3. The molecule has 3 fully saturated rings. The van der Waals surface area contributed by atoms with Gasteiger partial charge in [0, 0.05) is 48.9 Å². The van der Waals surface area contributed by atoms with Gasteiger partial charge in [0.25, 0.3) is 0 Å². The summed E-state index contributed by atoms with van der Waals surface area (Å²) >= 11 is 5.60. The molecule has 2 bridgehead atoms. The highest BCUT2D eigenvalue weighted by Crippen LogP contribution is 2.68. The zero-order chi connectivity index (χ0) is 31.1. The lowest BCUT2D eigenvalue weighted by Crippen LogP contribution is -2.57. The summed E-state index contributed by atoms with van der Waals surface area (Å²) in [5, 5.41) is 9.14. The number of benzene rings is 1. The number of aliphatic hydroxyl groups excluding tert-OH is 1. The number of alkyl halides is 1. The third-order valence-corrected chi connectivity index (χ3v) is 12.6. The van der Waals surface area contributed by atoms with Crippen LogP contribution in [0.25, 0.3) is 0 Å². The van der Waals surface area contributed by atoms with Gasteiger partial charge in [-0.15, -0.1) is 24.9 Å². The average molecular weight is 675 g/mol. The molecule has 43 heavy (non-hydrogen) atoms. The van der Waals surface area contributed by atoms with Crippen molar-refractivity contribution in [2.45, 2.75) is 92.2 Å². The number of aliphatic hydroxyl groups is 1. The third kappa shape index (κ3) is 6.79. The van der Waals surface area contributed by atoms with Crippen molar-refractivity contribution < 1.29 is 19.5 Å². The Morgan fingerprint density at radius 2 is 1.84 bits per heavy atom. The lowest BCUT2D eigenvalue weighted by atomic mass is 9.70. The molecule has 7 nitrogen and oxygen atoms in total. The first-order chi connectivity index (χ1) is 20.7. The fourth-order valence-corrected chi connectivity index (χ4v) is 11.0. The standard InChI is InChI=1S/C34H48BrN3O4S/c1-5-15-24(4)37(19-7-3)33(42)30-34-22-26(35)29(43-34)27(28(34)32(41)38(30)20-13-8-9-14-21-39)31(40)36(18-6-2)23-25-16-11-10-12-17-25/h6-7,10-12,16-17,24,26-30,39H,2-3,5,8-9,13-15,18-23H2,1,4H3/t24?,26?,27-,28-,29-,30?,34?/m0/s1. The highest BCUT2D eigenvalue weighted by molar-refractivity contribution is 9.09. The van der Waals surface area contributed by atoms with E-state index in [1.807, 2.05) is 45.0 Å². The molecule has 4 unspecified atom stereocenters. The van der Waals surface area contributed by atoms with E-state index in [2.05, 4.69) is 42.9 Å². The van der Waals surface area contributed by atoms with E-state index >= 15 is 0 Å². The van der Waals surface area contributed by atoms with Gasteiger partial charge < -0.3 is 19.8 Å². The molecular weight excluding hydrogens is 626 g/mol. The Hall–Kier alpha value is -2.10. The maximum absolute atomic E-state index is 14.6. The molecular formula is C34H48BrN3O4S. The van der Waals surface area contributed by atoms with E-state index in [9.17, 15) is 19.5 Å². The van der Waals surface area contributed by atoms with Gasteiger partial charge in [0.2, 0.25) is 17.7 Å². The first kappa shape index (κ1) is 33.8. The lowest BCUT2D eigenvalue weighted by Gasteiger charge is -2.40. The summed E-state index contributed by atoms with van der Waals surface area (Å²) in [5.41, 5.74) is 1.03. The number of carbonyl (C=O) groups excluding carboxylic acids is 3. The zero-order valence-electron chi connectivity index (χ0n) is 25.7. The van der Waals surface area contributed by atoms with E-state index in [0.29, 0.717) is 32.6 Å². The molecule has 3 aliphatic heterocycles. The van der Waals surface area contributed by atoms with Gasteiger partial charge in [-0.25, -0.2) is 0 Å². The summed E-state index contributed by atoms with van der Waals surface area (Å²) < 4.78 is -0.670. The predicted octanol–water partition coefficient (Wildman–Crippen LogP) is 5.42. The molecule has 3 amide bonds. The van der Waals surface area contributed by atoms with E-state index in [-0.39, 0.29) is 40.4 Å². The summed E-state index contributed by atoms with van der Waals surface area (Å²) in [5.74, 6) is -1.20. The van der Waals surface area contributed by atoms with Crippen molar-refractivity contribution in [3.63, 3.8) is 0 Å². The molecule has 1 aromatic carbocycles. The van der Waals surface area contributed by atoms with E-state index in [0.717, 1.165) is 44.1 Å². The number of rotatable bonds is 17. The van der Waals surface area contributed by atoms with Crippen molar-refractivity contribution in [2.24, 2.45) is 11.8 Å². The predicted molar refractivity (Wildman–Crippen MR) is 178 cm³/mol. The number of amides is 3. The SMILES string of the molecule is C=CCN(Cc1ccccc1)C(=O)[C@H]1[C@H]2C(=O)N(CCCCCCO)C(C(=O)N(CC=C)C(C)CCC)C23CC(Br)[C@@H]1S3. The van der Waals surface area contributed by atoms with Crippen LogP contribution < -0.4 is 0 Å². The number of hydrogen-bond acceptors (Lipinski definition) is 5. The van der Waals surface area contributed by atoms with Gasteiger partial charge in [-0.05, 0) is 38.2 Å². The largest absolute Gasteiger partial charge is 0.396 e. The van der Waals surface area contributed by atoms with Crippen LogP contribution in [0.3, 0.4) is 0 Å². The van der Waals surface area contributed by atoms with Crippen LogP contribution in [0.4, 0.5) is 0 Å². The number of hydrogen-bond donors (Lipinski definition) is 1. The molecule has 1 spiro atoms. The number of fused-ring (bicyclic) bond motifs is 1. The number of likely N-dealkylation sites (tertiary alicyclic amines) is 1. The number of halogens is 1. The number of unbranched alkanes of at least 4 members (excludes halogenated alkanes) is 3. The molecule has 0 aromatic heterocycles. The van der Waals surface area contributed by atoms with Crippen LogP contribution in [-0.4, -0.2) is 90.7 Å². The van der Waals surface area contributed by atoms with Gasteiger partial charge in [0.15, 0.2) is 0 Å². The Labute approximate surface area is 270 Å². The topological polar surface area (TPSA) is 81.2 Å². The van der Waals surface area contributed by atoms with Gasteiger partial charge in [0.05, 0.1) is 16.6 Å². The van der Waals surface area contributed by atoms with Crippen molar-refractivity contribution in [3.05, 3.63) is 61.2 Å². The summed E-state index contributed by atoms with van der Waals surface area (Å²) in [6, 6.07) is 9.29. The minimum atomic E-state index is -0.670. The van der Waals surface area contributed by atoms with Crippen molar-refractivity contribution >= 4 is 45.4 Å². The van der Waals surface area contributed by atoms with Crippen LogP contribution >= 0.6 is 27.7 Å². The molecule has 9 heteroatoms. The van der Waals surface area contributed by atoms with E-state index in [4.69, 9.17) is 0 Å². The highest BCUT2D eigenvalue weighted by Gasteiger charge is 2.76. The fraction of sp³-hybridized carbons (Fsp3) is 0.618. The maximum Gasteiger partial charge on any atom is 0.247 e. The normalized spacial score (nSPS) is 28.0. The molecule has 3 heterocycles. The van der Waals surface area contributed by atoms with Crippen molar-refractivity contribution in [1.82, 2.24) is 14.7 Å². The first-order valence-corrected chi connectivity index (χ1v) is 17.6. The second kappa shape index (κ2) is 15.3. The Morgan fingerprint density at radius 1 is 1.14 bits per heavy atom. The van der Waals surface area contributed by atoms with Crippen molar-refractivity contribution in [2.75, 3.05) is 26.2 Å². The van der Waals surface area contributed by atoms with E-state index in [1.54, 1.807) is 23.9 Å². The minimum absolute atomic E-state index is 0.0159. The average Bonchev–Trinajstić information content (AvgIpc) is 3.58. The molecule has 3 aliphatic rings. The third-order valence-electron chi connectivity index (χ3n) is 9.34. The van der Waals surface area contributed by atoms with Gasteiger partial charge in [-0.1, -0.05) is 84.6 Å². The molecule has 0 radical (unpaired) electrons. The summed E-state index contributed by atoms with van der Waals surface area (Å²) in [7, 11) is 0. The summed E-state index contributed by atoms with van der Waals surface area (Å²) in [6.07, 6.45) is 9.22. The van der Waals surface area contributed by atoms with Gasteiger partial charge in [-0.2, -0.15) is 0 Å². The van der Waals surface area contributed by atoms with Crippen molar-refractivity contribution in [1.29, 1.82) is 0 Å². The van der Waals surface area contributed by atoms with Gasteiger partial charge in [-0.3, -0.25) is 14.4 Å². The maximum atomic E-state index is 14.6. The van der Waals surface area contributed by atoms with Crippen LogP contribution in [0.5, 0.6) is 0 Å². The van der Waals surface area contributed by atoms with Crippen LogP contribution in [0.15, 0.2) is 55.6 Å². The molecule has 7 atom stereocenters. The van der Waals surface area contributed by atoms with Gasteiger partial charge in [0.1, 0.15) is 6.04 Å². The Kier molecular flexibility index (Phi) is 12.0. The summed E-state index contributed by atoms with van der Waals surface area (Å²) in [4.78, 5) is 49.2.